The Bertz CT molecular complexity index is 656. The van der Waals surface area contributed by atoms with E-state index < -0.39 is 10.7 Å². The molecule has 0 amide bonds. The first-order valence-electron chi connectivity index (χ1n) is 6.20. The van der Waals surface area contributed by atoms with Crippen molar-refractivity contribution < 1.29 is 9.31 Å². The maximum atomic E-state index is 13.3. The van der Waals surface area contributed by atoms with Crippen LogP contribution in [0.2, 0.25) is 0 Å². The van der Waals surface area contributed by atoms with Crippen LogP contribution in [0, 0.1) is 29.8 Å². The second-order valence-electron chi connectivity index (χ2n) is 4.73. The molecule has 0 saturated carbocycles. The number of anilines is 1. The zero-order valence-electron chi connectivity index (χ0n) is 11.3. The zero-order valence-corrected chi connectivity index (χ0v) is 11.3. The summed E-state index contributed by atoms with van der Waals surface area (Å²) in [5.74, 6) is -0.623. The number of nitro benzene ring substituents is 1. The van der Waals surface area contributed by atoms with E-state index in [1.807, 2.05) is 32.0 Å². The predicted molar refractivity (Wildman–Crippen MR) is 76.3 cm³/mol. The second kappa shape index (κ2) is 5.69. The summed E-state index contributed by atoms with van der Waals surface area (Å²) < 4.78 is 13.3. The fourth-order valence-corrected chi connectivity index (χ4v) is 1.90. The highest BCUT2D eigenvalue weighted by molar-refractivity contribution is 5.52. The van der Waals surface area contributed by atoms with Crippen molar-refractivity contribution in [1.29, 1.82) is 0 Å². The van der Waals surface area contributed by atoms with E-state index in [1.165, 1.54) is 23.3 Å². The molecule has 2 aromatic rings. The first kappa shape index (κ1) is 14.0. The van der Waals surface area contributed by atoms with Gasteiger partial charge in [-0.25, -0.2) is 4.39 Å². The van der Waals surface area contributed by atoms with Gasteiger partial charge in [-0.1, -0.05) is 18.2 Å². The normalized spacial score (nSPS) is 10.3. The summed E-state index contributed by atoms with van der Waals surface area (Å²) in [5.41, 5.74) is 3.56. The van der Waals surface area contributed by atoms with Gasteiger partial charge in [0.1, 0.15) is 5.82 Å². The molecular formula is C15H15FN2O2. The maximum absolute atomic E-state index is 13.3. The van der Waals surface area contributed by atoms with Crippen molar-refractivity contribution in [3.8, 4) is 0 Å². The topological polar surface area (TPSA) is 55.2 Å². The van der Waals surface area contributed by atoms with Crippen LogP contribution < -0.4 is 5.32 Å². The van der Waals surface area contributed by atoms with E-state index in [1.54, 1.807) is 0 Å². The molecule has 20 heavy (non-hydrogen) atoms. The molecule has 2 aromatic carbocycles. The lowest BCUT2D eigenvalue weighted by molar-refractivity contribution is -0.385. The van der Waals surface area contributed by atoms with E-state index >= 15 is 0 Å². The molecule has 2 rings (SSSR count). The first-order valence-corrected chi connectivity index (χ1v) is 6.20. The molecule has 0 aliphatic heterocycles. The molecule has 0 aliphatic carbocycles. The molecule has 0 radical (unpaired) electrons. The second-order valence-corrected chi connectivity index (χ2v) is 4.73. The molecule has 0 aromatic heterocycles. The highest BCUT2D eigenvalue weighted by Crippen LogP contribution is 2.21. The number of benzene rings is 2. The average Bonchev–Trinajstić information content (AvgIpc) is 2.39. The summed E-state index contributed by atoms with van der Waals surface area (Å²) in [6.45, 7) is 4.54. The van der Waals surface area contributed by atoms with Crippen molar-refractivity contribution in [2.75, 3.05) is 5.32 Å². The Balaban J connectivity index is 2.14. The fraction of sp³-hybridized carbons (Fsp3) is 0.200. The Hall–Kier alpha value is -2.43. The van der Waals surface area contributed by atoms with Crippen LogP contribution in [0.3, 0.4) is 0 Å². The third-order valence-corrected chi connectivity index (χ3v) is 3.16. The van der Waals surface area contributed by atoms with Crippen LogP contribution in [-0.4, -0.2) is 4.92 Å². The third-order valence-electron chi connectivity index (χ3n) is 3.16. The monoisotopic (exact) mass is 274 g/mol. The highest BCUT2D eigenvalue weighted by atomic mass is 19.1. The molecule has 0 atom stereocenters. The lowest BCUT2D eigenvalue weighted by Gasteiger charge is -2.08. The summed E-state index contributed by atoms with van der Waals surface area (Å²) >= 11 is 0. The van der Waals surface area contributed by atoms with Crippen LogP contribution in [0.15, 0.2) is 36.4 Å². The number of nitrogens with one attached hydrogen (secondary N) is 1. The minimum absolute atomic E-state index is 0.257. The predicted octanol–water partition coefficient (Wildman–Crippen LogP) is 3.96. The van der Waals surface area contributed by atoms with Gasteiger partial charge < -0.3 is 5.32 Å². The van der Waals surface area contributed by atoms with Gasteiger partial charge in [0.25, 0.3) is 5.69 Å². The van der Waals surface area contributed by atoms with E-state index in [-0.39, 0.29) is 5.69 Å². The first-order chi connectivity index (χ1) is 9.45. The Kier molecular flexibility index (Phi) is 3.98. The van der Waals surface area contributed by atoms with Gasteiger partial charge in [-0.3, -0.25) is 10.1 Å². The van der Waals surface area contributed by atoms with Gasteiger partial charge in [0.05, 0.1) is 11.0 Å². The highest BCUT2D eigenvalue weighted by Gasteiger charge is 2.09. The van der Waals surface area contributed by atoms with Crippen LogP contribution in [0.25, 0.3) is 0 Å². The van der Waals surface area contributed by atoms with Gasteiger partial charge in [-0.05, 0) is 36.6 Å². The summed E-state index contributed by atoms with van der Waals surface area (Å²) in [6.07, 6.45) is 0. The van der Waals surface area contributed by atoms with Crippen LogP contribution in [0.5, 0.6) is 0 Å². The molecular weight excluding hydrogens is 259 g/mol. The molecule has 5 heteroatoms. The van der Waals surface area contributed by atoms with Gasteiger partial charge in [-0.2, -0.15) is 0 Å². The lowest BCUT2D eigenvalue weighted by atomic mass is 10.1. The number of nitrogens with zero attached hydrogens (tertiary/aromatic N) is 1. The van der Waals surface area contributed by atoms with Crippen molar-refractivity contribution in [3.63, 3.8) is 0 Å². The third kappa shape index (κ3) is 3.32. The SMILES string of the molecule is Cc1ccc(CNc2cc(F)cc([N+](=O)[O-])c2)cc1C. The summed E-state index contributed by atoms with van der Waals surface area (Å²) in [7, 11) is 0. The molecule has 4 nitrogen and oxygen atoms in total. The van der Waals surface area contributed by atoms with E-state index in [9.17, 15) is 14.5 Å². The Morgan fingerprint density at radius 3 is 2.55 bits per heavy atom. The van der Waals surface area contributed by atoms with Crippen molar-refractivity contribution >= 4 is 11.4 Å². The van der Waals surface area contributed by atoms with Crippen molar-refractivity contribution in [3.05, 3.63) is 69.0 Å². The molecule has 0 aliphatic rings. The Morgan fingerprint density at radius 1 is 1.15 bits per heavy atom. The number of hydrogen-bond donors (Lipinski definition) is 1. The molecule has 0 heterocycles. The average molecular weight is 274 g/mol. The molecule has 0 fully saturated rings. The zero-order chi connectivity index (χ0) is 14.7. The maximum Gasteiger partial charge on any atom is 0.274 e. The number of halogens is 1. The smallest absolute Gasteiger partial charge is 0.274 e. The minimum atomic E-state index is -0.623. The molecule has 0 saturated heterocycles. The number of aryl methyl sites for hydroxylation is 2. The van der Waals surface area contributed by atoms with Crippen LogP contribution in [0.1, 0.15) is 16.7 Å². The number of rotatable bonds is 4. The molecule has 0 bridgehead atoms. The summed E-state index contributed by atoms with van der Waals surface area (Å²) in [6, 6.07) is 9.50. The van der Waals surface area contributed by atoms with Gasteiger partial charge in [0.2, 0.25) is 0 Å². The largest absolute Gasteiger partial charge is 0.381 e. The van der Waals surface area contributed by atoms with Crippen molar-refractivity contribution in [1.82, 2.24) is 0 Å². The van der Waals surface area contributed by atoms with Gasteiger partial charge >= 0.3 is 0 Å². The molecule has 104 valence electrons. The lowest BCUT2D eigenvalue weighted by Crippen LogP contribution is -2.01. The number of hydrogen-bond acceptors (Lipinski definition) is 3. The molecule has 1 N–H and O–H groups in total. The quantitative estimate of drug-likeness (QED) is 0.678. The van der Waals surface area contributed by atoms with Crippen LogP contribution in [-0.2, 0) is 6.54 Å². The van der Waals surface area contributed by atoms with E-state index in [0.29, 0.717) is 12.2 Å². The van der Waals surface area contributed by atoms with E-state index in [2.05, 4.69) is 5.32 Å². The number of nitro groups is 1. The van der Waals surface area contributed by atoms with E-state index in [0.717, 1.165) is 11.6 Å². The Morgan fingerprint density at radius 2 is 1.90 bits per heavy atom. The van der Waals surface area contributed by atoms with E-state index in [4.69, 9.17) is 0 Å². The molecule has 0 unspecified atom stereocenters. The standard InChI is InChI=1S/C15H15FN2O2/c1-10-3-4-12(5-11(10)2)9-17-14-6-13(16)7-15(8-14)18(19)20/h3-8,17H,9H2,1-2H3. The van der Waals surface area contributed by atoms with Crippen molar-refractivity contribution in [2.45, 2.75) is 20.4 Å². The fourth-order valence-electron chi connectivity index (χ4n) is 1.90. The van der Waals surface area contributed by atoms with Crippen LogP contribution >= 0.6 is 0 Å². The van der Waals surface area contributed by atoms with Gasteiger partial charge in [0.15, 0.2) is 0 Å². The summed E-state index contributed by atoms with van der Waals surface area (Å²) in [5, 5.41) is 13.7. The van der Waals surface area contributed by atoms with Gasteiger partial charge in [-0.15, -0.1) is 0 Å². The minimum Gasteiger partial charge on any atom is -0.381 e. The van der Waals surface area contributed by atoms with Crippen LogP contribution in [0.4, 0.5) is 15.8 Å². The Labute approximate surface area is 116 Å². The number of non-ortho nitro benzene ring substituents is 1. The molecule has 0 spiro atoms. The summed E-state index contributed by atoms with van der Waals surface area (Å²) in [4.78, 5) is 10.1. The van der Waals surface area contributed by atoms with Crippen molar-refractivity contribution in [2.24, 2.45) is 0 Å². The van der Waals surface area contributed by atoms with Gasteiger partial charge in [0, 0.05) is 18.3 Å².